The summed E-state index contributed by atoms with van der Waals surface area (Å²) in [7, 11) is -1.37. The smallest absolute Gasteiger partial charge is 0.455 e. The van der Waals surface area contributed by atoms with Gasteiger partial charge in [-0.3, -0.25) is 0 Å². The van der Waals surface area contributed by atoms with E-state index >= 15 is 0 Å². The molecule has 46 heavy (non-hydrogen) atoms. The average Bonchev–Trinajstić information content (AvgIpc) is 3.59. The summed E-state index contributed by atoms with van der Waals surface area (Å²) in [5.41, 5.74) is 2.75. The SMILES string of the molecule is CC1(C)OB(B2OC(C)(C)C(C)(C)O2)OC1(C)C.CC1(C)OB(c2ccccc2-c2cccc3c2oc2ccccc23)OC1(C)C. The lowest BCUT2D eigenvalue weighted by atomic mass is 9.49. The number of hydrogen-bond donors (Lipinski definition) is 0. The Morgan fingerprint density at radius 2 is 0.826 bits per heavy atom. The van der Waals surface area contributed by atoms with Crippen molar-refractivity contribution in [2.24, 2.45) is 0 Å². The number of hydrogen-bond acceptors (Lipinski definition) is 7. The molecule has 0 radical (unpaired) electrons. The van der Waals surface area contributed by atoms with E-state index in [4.69, 9.17) is 32.3 Å². The van der Waals surface area contributed by atoms with Crippen LogP contribution in [0.4, 0.5) is 0 Å². The van der Waals surface area contributed by atoms with Crippen molar-refractivity contribution in [3.63, 3.8) is 0 Å². The predicted molar refractivity (Wildman–Crippen MR) is 187 cm³/mol. The van der Waals surface area contributed by atoms with Crippen LogP contribution in [-0.4, -0.2) is 54.7 Å². The van der Waals surface area contributed by atoms with Crippen LogP contribution in [0.25, 0.3) is 33.1 Å². The zero-order chi connectivity index (χ0) is 33.5. The lowest BCUT2D eigenvalue weighted by Gasteiger charge is -2.32. The highest BCUT2D eigenvalue weighted by Gasteiger charge is 2.63. The van der Waals surface area contributed by atoms with Gasteiger partial charge in [-0.1, -0.05) is 60.7 Å². The molecular weight excluding hydrogens is 577 g/mol. The van der Waals surface area contributed by atoms with Gasteiger partial charge in [0.2, 0.25) is 0 Å². The molecule has 7 nitrogen and oxygen atoms in total. The molecule has 0 unspecified atom stereocenters. The second-order valence-electron chi connectivity index (χ2n) is 15.7. The number of benzene rings is 3. The van der Waals surface area contributed by atoms with Gasteiger partial charge in [0.25, 0.3) is 0 Å². The van der Waals surface area contributed by atoms with E-state index in [9.17, 15) is 0 Å². The zero-order valence-corrected chi connectivity index (χ0v) is 29.4. The summed E-state index contributed by atoms with van der Waals surface area (Å²) >= 11 is 0. The van der Waals surface area contributed by atoms with Crippen LogP contribution in [0.3, 0.4) is 0 Å². The van der Waals surface area contributed by atoms with E-state index in [2.05, 4.69) is 64.1 Å². The van der Waals surface area contributed by atoms with Crippen molar-refractivity contribution in [1.82, 2.24) is 0 Å². The van der Waals surface area contributed by atoms with Crippen LogP contribution < -0.4 is 5.46 Å². The third-order valence-electron chi connectivity index (χ3n) is 10.9. The minimum absolute atomic E-state index is 0.360. The van der Waals surface area contributed by atoms with Crippen molar-refractivity contribution < 1.29 is 32.3 Å². The first-order chi connectivity index (χ1) is 21.3. The number of furan rings is 1. The van der Waals surface area contributed by atoms with Crippen molar-refractivity contribution in [3.8, 4) is 11.1 Å². The Bertz CT molecular complexity index is 1670. The molecule has 0 saturated carbocycles. The molecule has 3 aliphatic heterocycles. The van der Waals surface area contributed by atoms with E-state index in [-0.39, 0.29) is 33.6 Å². The van der Waals surface area contributed by atoms with Crippen LogP contribution in [0.15, 0.2) is 71.1 Å². The molecule has 4 aromatic rings. The largest absolute Gasteiger partial charge is 0.495 e. The van der Waals surface area contributed by atoms with Crippen LogP contribution >= 0.6 is 0 Å². The summed E-state index contributed by atoms with van der Waals surface area (Å²) in [5, 5.41) is 2.25. The van der Waals surface area contributed by atoms with Crippen molar-refractivity contribution in [2.45, 2.75) is 117 Å². The lowest BCUT2D eigenvalue weighted by Crippen LogP contribution is -2.41. The summed E-state index contributed by atoms with van der Waals surface area (Å²) in [6.07, 6.45) is 0. The summed E-state index contributed by atoms with van der Waals surface area (Å²) in [5.74, 6) is 0. The first-order valence-corrected chi connectivity index (χ1v) is 16.3. The summed E-state index contributed by atoms with van der Waals surface area (Å²) < 4.78 is 42.8. The maximum Gasteiger partial charge on any atom is 0.495 e. The molecule has 4 heterocycles. The molecule has 0 N–H and O–H groups in total. The molecule has 0 spiro atoms. The molecule has 7 rings (SSSR count). The van der Waals surface area contributed by atoms with E-state index in [0.29, 0.717) is 0 Å². The van der Waals surface area contributed by atoms with Crippen molar-refractivity contribution >= 4 is 48.5 Å². The van der Waals surface area contributed by atoms with E-state index in [1.807, 2.05) is 85.7 Å². The molecule has 3 aromatic carbocycles. The average molecular weight is 624 g/mol. The highest BCUT2D eigenvalue weighted by molar-refractivity contribution is 7.11. The fourth-order valence-corrected chi connectivity index (χ4v) is 5.88. The molecule has 3 saturated heterocycles. The molecule has 0 aliphatic carbocycles. The first-order valence-electron chi connectivity index (χ1n) is 16.3. The second-order valence-corrected chi connectivity index (χ2v) is 15.7. The van der Waals surface area contributed by atoms with Crippen LogP contribution in [0.1, 0.15) is 83.1 Å². The van der Waals surface area contributed by atoms with Gasteiger partial charge in [-0.15, -0.1) is 0 Å². The Morgan fingerprint density at radius 3 is 1.37 bits per heavy atom. The van der Waals surface area contributed by atoms with Crippen LogP contribution in [0.5, 0.6) is 0 Å². The maximum absolute atomic E-state index is 6.33. The second kappa shape index (κ2) is 11.0. The maximum atomic E-state index is 6.33. The van der Waals surface area contributed by atoms with Crippen molar-refractivity contribution in [2.75, 3.05) is 0 Å². The van der Waals surface area contributed by atoms with Gasteiger partial charge < -0.3 is 32.3 Å². The normalized spacial score (nSPS) is 23.6. The minimum atomic E-state index is -0.476. The first kappa shape index (κ1) is 33.3. The summed E-state index contributed by atoms with van der Waals surface area (Å²) in [6.45, 7) is 24.5. The van der Waals surface area contributed by atoms with Gasteiger partial charge >= 0.3 is 21.1 Å². The monoisotopic (exact) mass is 624 g/mol. The van der Waals surface area contributed by atoms with Gasteiger partial charge in [-0.05, 0) is 100 Å². The Labute approximate surface area is 275 Å². The van der Waals surface area contributed by atoms with Gasteiger partial charge in [-0.25, -0.2) is 0 Å². The number of rotatable bonds is 3. The molecule has 3 aliphatic rings. The predicted octanol–water partition coefficient (Wildman–Crippen LogP) is 7.80. The molecule has 0 atom stereocenters. The van der Waals surface area contributed by atoms with E-state index < -0.39 is 21.1 Å². The van der Waals surface area contributed by atoms with Crippen LogP contribution in [-0.2, 0) is 27.9 Å². The lowest BCUT2D eigenvalue weighted by molar-refractivity contribution is 0.00578. The summed E-state index contributed by atoms with van der Waals surface area (Å²) in [6, 6.07) is 22.7. The quantitative estimate of drug-likeness (QED) is 0.216. The van der Waals surface area contributed by atoms with Gasteiger partial charge in [0.15, 0.2) is 0 Å². The Morgan fingerprint density at radius 1 is 0.413 bits per heavy atom. The fraction of sp³-hybridized carbons (Fsp3) is 0.500. The molecule has 10 heteroatoms. The van der Waals surface area contributed by atoms with Crippen LogP contribution in [0, 0.1) is 0 Å². The van der Waals surface area contributed by atoms with Gasteiger partial charge in [0.1, 0.15) is 11.2 Å². The van der Waals surface area contributed by atoms with Gasteiger partial charge in [-0.2, -0.15) is 0 Å². The van der Waals surface area contributed by atoms with Crippen molar-refractivity contribution in [1.29, 1.82) is 0 Å². The van der Waals surface area contributed by atoms with Gasteiger partial charge in [0, 0.05) is 16.3 Å². The molecular formula is C36H47B3O7. The van der Waals surface area contributed by atoms with Gasteiger partial charge in [0.05, 0.1) is 33.6 Å². The Hall–Kier alpha value is -2.59. The molecule has 242 valence electrons. The molecule has 0 amide bonds. The Kier molecular flexibility index (Phi) is 7.95. The standard InChI is InChI=1S/C24H23BO3.C12H24B2O4/c1-23(2)24(3,4)28-25(27-23)20-14-7-5-10-16(20)18-12-9-13-19-17-11-6-8-15-21(17)26-22(18)19;1-9(2)10(3,4)16-13(15-9)14-17-11(5,6)12(7,8)18-14/h5-15H,1-4H3;1-8H3. The van der Waals surface area contributed by atoms with Crippen molar-refractivity contribution in [3.05, 3.63) is 66.7 Å². The molecule has 1 aromatic heterocycles. The molecule has 0 bridgehead atoms. The van der Waals surface area contributed by atoms with Crippen LogP contribution in [0.2, 0.25) is 0 Å². The highest BCUT2D eigenvalue weighted by Crippen LogP contribution is 2.43. The zero-order valence-electron chi connectivity index (χ0n) is 29.4. The number of fused-ring (bicyclic) bond motifs is 3. The minimum Gasteiger partial charge on any atom is -0.455 e. The van der Waals surface area contributed by atoms with E-state index in [0.717, 1.165) is 38.5 Å². The topological polar surface area (TPSA) is 68.5 Å². The van der Waals surface area contributed by atoms with E-state index in [1.54, 1.807) is 0 Å². The molecule has 3 fully saturated rings. The third-order valence-corrected chi connectivity index (χ3v) is 10.9. The third kappa shape index (κ3) is 5.55. The Balaban J connectivity index is 0.000000179. The van der Waals surface area contributed by atoms with E-state index in [1.165, 1.54) is 0 Å². The fourth-order valence-electron chi connectivity index (χ4n) is 5.88. The number of para-hydroxylation sites is 2. The highest BCUT2D eigenvalue weighted by atomic mass is 16.7. The summed E-state index contributed by atoms with van der Waals surface area (Å²) in [4.78, 5) is 0.